The predicted molar refractivity (Wildman–Crippen MR) is 133 cm³/mol. The highest BCUT2D eigenvalue weighted by Crippen LogP contribution is 2.32. The van der Waals surface area contributed by atoms with Gasteiger partial charge in [0.05, 0.1) is 20.9 Å². The van der Waals surface area contributed by atoms with Crippen molar-refractivity contribution in [1.29, 1.82) is 0 Å². The zero-order valence-electron chi connectivity index (χ0n) is 19.6. The Morgan fingerprint density at radius 2 is 1.74 bits per heavy atom. The van der Waals surface area contributed by atoms with Gasteiger partial charge in [-0.15, -0.1) is 0 Å². The van der Waals surface area contributed by atoms with Crippen molar-refractivity contribution in [2.75, 3.05) is 44.2 Å². The van der Waals surface area contributed by atoms with E-state index in [9.17, 15) is 23.3 Å². The van der Waals surface area contributed by atoms with Gasteiger partial charge < -0.3 is 9.80 Å². The molecule has 4 rings (SSSR count). The Bertz CT molecular complexity index is 1360. The van der Waals surface area contributed by atoms with E-state index in [2.05, 4.69) is 4.98 Å². The van der Waals surface area contributed by atoms with Crippen LogP contribution in [0.15, 0.2) is 59.6 Å². The Hall–Kier alpha value is -3.57. The molecule has 1 aliphatic rings. The lowest BCUT2D eigenvalue weighted by atomic mass is 10.1. The molecule has 1 saturated heterocycles. The molecule has 0 aliphatic carbocycles. The van der Waals surface area contributed by atoms with Gasteiger partial charge in [0.1, 0.15) is 5.69 Å². The zero-order valence-corrected chi connectivity index (χ0v) is 20.4. The van der Waals surface area contributed by atoms with Gasteiger partial charge in [-0.25, -0.2) is 8.42 Å². The summed E-state index contributed by atoms with van der Waals surface area (Å²) in [5.74, 6) is -0.135. The molecule has 0 saturated carbocycles. The number of para-hydroxylation sites is 1. The van der Waals surface area contributed by atoms with Gasteiger partial charge in [-0.1, -0.05) is 32.0 Å². The summed E-state index contributed by atoms with van der Waals surface area (Å²) >= 11 is 0. The summed E-state index contributed by atoms with van der Waals surface area (Å²) in [4.78, 5) is 32.3. The molecular formula is C24H27N5O5S. The monoisotopic (exact) mass is 497 g/mol. The second-order valence-electron chi connectivity index (χ2n) is 8.16. The van der Waals surface area contributed by atoms with E-state index in [0.29, 0.717) is 42.9 Å². The van der Waals surface area contributed by atoms with Crippen LogP contribution in [0.2, 0.25) is 0 Å². The highest BCUT2D eigenvalue weighted by Gasteiger charge is 2.30. The van der Waals surface area contributed by atoms with E-state index >= 15 is 0 Å². The Labute approximate surface area is 204 Å². The average Bonchev–Trinajstić information content (AvgIpc) is 2.88. The maximum Gasteiger partial charge on any atom is 0.293 e. The molecule has 1 fully saturated rings. The van der Waals surface area contributed by atoms with E-state index in [1.807, 2.05) is 29.2 Å². The van der Waals surface area contributed by atoms with Gasteiger partial charge >= 0.3 is 0 Å². The number of sulfonamides is 1. The Morgan fingerprint density at radius 1 is 1.06 bits per heavy atom. The summed E-state index contributed by atoms with van der Waals surface area (Å²) in [7, 11) is -3.82. The van der Waals surface area contributed by atoms with Crippen molar-refractivity contribution < 1.29 is 18.1 Å². The molecule has 35 heavy (non-hydrogen) atoms. The number of hydrogen-bond donors (Lipinski definition) is 0. The molecule has 1 aromatic heterocycles. The standard InChI is InChI=1S/C24H27N5O5S/c1-3-28(4-2)35(33,34)19-10-11-21(22(17-19)29(31)32)26-13-15-27(16-14-26)24(30)20-9-5-7-18-8-6-12-25-23(18)20/h5-12,17H,3-4,13-16H2,1-2H3. The van der Waals surface area contributed by atoms with Gasteiger partial charge in [0.2, 0.25) is 10.0 Å². The molecule has 2 aromatic carbocycles. The summed E-state index contributed by atoms with van der Waals surface area (Å²) in [5, 5.41) is 12.7. The number of carbonyl (C=O) groups excluding carboxylic acids is 1. The van der Waals surface area contributed by atoms with Crippen LogP contribution in [0, 0.1) is 10.1 Å². The van der Waals surface area contributed by atoms with Gasteiger partial charge in [0, 0.05) is 56.9 Å². The molecule has 11 heteroatoms. The van der Waals surface area contributed by atoms with E-state index in [0.717, 1.165) is 11.5 Å². The van der Waals surface area contributed by atoms with Crippen molar-refractivity contribution in [1.82, 2.24) is 14.2 Å². The third kappa shape index (κ3) is 4.69. The van der Waals surface area contributed by atoms with E-state index < -0.39 is 14.9 Å². The molecule has 0 radical (unpaired) electrons. The number of fused-ring (bicyclic) bond motifs is 1. The quantitative estimate of drug-likeness (QED) is 0.364. The van der Waals surface area contributed by atoms with Crippen molar-refractivity contribution in [3.8, 4) is 0 Å². The van der Waals surface area contributed by atoms with Crippen LogP contribution in [0.5, 0.6) is 0 Å². The lowest BCUT2D eigenvalue weighted by molar-refractivity contribution is -0.384. The third-order valence-corrected chi connectivity index (χ3v) is 8.30. The Balaban J connectivity index is 1.55. The summed E-state index contributed by atoms with van der Waals surface area (Å²) in [6.07, 6.45) is 1.65. The van der Waals surface area contributed by atoms with E-state index in [4.69, 9.17) is 0 Å². The first kappa shape index (κ1) is 24.6. The topological polar surface area (TPSA) is 117 Å². The number of amides is 1. The van der Waals surface area contributed by atoms with Gasteiger partial charge in [-0.2, -0.15) is 4.31 Å². The number of hydrogen-bond acceptors (Lipinski definition) is 7. The largest absolute Gasteiger partial charge is 0.362 e. The minimum atomic E-state index is -3.82. The molecule has 3 aromatic rings. The predicted octanol–water partition coefficient (Wildman–Crippen LogP) is 3.14. The number of benzene rings is 2. The first-order chi connectivity index (χ1) is 16.8. The number of anilines is 1. The molecule has 0 unspecified atom stereocenters. The fourth-order valence-electron chi connectivity index (χ4n) is 4.39. The first-order valence-electron chi connectivity index (χ1n) is 11.4. The van der Waals surface area contributed by atoms with Crippen LogP contribution < -0.4 is 4.90 Å². The molecule has 0 bridgehead atoms. The molecule has 0 spiro atoms. The zero-order chi connectivity index (χ0) is 25.2. The van der Waals surface area contributed by atoms with E-state index in [1.165, 1.54) is 16.4 Å². The highest BCUT2D eigenvalue weighted by molar-refractivity contribution is 7.89. The SMILES string of the molecule is CCN(CC)S(=O)(=O)c1ccc(N2CCN(C(=O)c3cccc4cccnc34)CC2)c([N+](=O)[O-])c1. The van der Waals surface area contributed by atoms with Crippen LogP contribution >= 0.6 is 0 Å². The first-order valence-corrected chi connectivity index (χ1v) is 12.9. The summed E-state index contributed by atoms with van der Waals surface area (Å²) in [6.45, 7) is 5.50. The van der Waals surface area contributed by atoms with Crippen LogP contribution in [0.4, 0.5) is 11.4 Å². The second kappa shape index (κ2) is 9.96. The van der Waals surface area contributed by atoms with Crippen LogP contribution in [0.25, 0.3) is 10.9 Å². The molecule has 2 heterocycles. The van der Waals surface area contributed by atoms with Gasteiger partial charge in [0.15, 0.2) is 0 Å². The Morgan fingerprint density at radius 3 is 2.40 bits per heavy atom. The number of aromatic nitrogens is 1. The van der Waals surface area contributed by atoms with Crippen LogP contribution in [0.3, 0.4) is 0 Å². The summed E-state index contributed by atoms with van der Waals surface area (Å²) in [5.41, 5.74) is 1.24. The summed E-state index contributed by atoms with van der Waals surface area (Å²) in [6, 6.07) is 13.2. The molecule has 1 aliphatic heterocycles. The molecule has 0 atom stereocenters. The normalized spacial score (nSPS) is 14.5. The third-order valence-electron chi connectivity index (χ3n) is 6.26. The fraction of sp³-hybridized carbons (Fsp3) is 0.333. The van der Waals surface area contributed by atoms with E-state index in [-0.39, 0.29) is 29.6 Å². The number of piperazine rings is 1. The lowest BCUT2D eigenvalue weighted by Gasteiger charge is -2.36. The molecular weight excluding hydrogens is 470 g/mol. The molecule has 0 N–H and O–H groups in total. The smallest absolute Gasteiger partial charge is 0.293 e. The van der Waals surface area contributed by atoms with Gasteiger partial charge in [0.25, 0.3) is 11.6 Å². The average molecular weight is 498 g/mol. The number of nitro benzene ring substituents is 1. The van der Waals surface area contributed by atoms with Crippen molar-refractivity contribution in [3.63, 3.8) is 0 Å². The maximum absolute atomic E-state index is 13.2. The number of carbonyl (C=O) groups is 1. The van der Waals surface area contributed by atoms with Gasteiger partial charge in [-0.3, -0.25) is 19.9 Å². The van der Waals surface area contributed by atoms with Crippen LogP contribution in [0.1, 0.15) is 24.2 Å². The van der Waals surface area contributed by atoms with Crippen LogP contribution in [-0.2, 0) is 10.0 Å². The van der Waals surface area contributed by atoms with E-state index in [1.54, 1.807) is 31.0 Å². The van der Waals surface area contributed by atoms with Crippen molar-refractivity contribution in [2.24, 2.45) is 0 Å². The van der Waals surface area contributed by atoms with Crippen molar-refractivity contribution >= 4 is 38.2 Å². The van der Waals surface area contributed by atoms with Crippen molar-refractivity contribution in [2.45, 2.75) is 18.7 Å². The van der Waals surface area contributed by atoms with Crippen LogP contribution in [-0.4, -0.2) is 72.7 Å². The van der Waals surface area contributed by atoms with Gasteiger partial charge in [-0.05, 0) is 24.3 Å². The highest BCUT2D eigenvalue weighted by atomic mass is 32.2. The Kier molecular flexibility index (Phi) is 6.99. The molecule has 10 nitrogen and oxygen atoms in total. The molecule has 1 amide bonds. The number of nitrogens with zero attached hydrogens (tertiary/aromatic N) is 5. The summed E-state index contributed by atoms with van der Waals surface area (Å²) < 4.78 is 26.9. The molecule has 184 valence electrons. The lowest BCUT2D eigenvalue weighted by Crippen LogP contribution is -2.49. The fourth-order valence-corrected chi connectivity index (χ4v) is 5.87. The maximum atomic E-state index is 13.2. The minimum Gasteiger partial charge on any atom is -0.362 e. The number of rotatable bonds is 7. The minimum absolute atomic E-state index is 0.103. The number of nitro groups is 1. The number of pyridine rings is 1. The van der Waals surface area contributed by atoms with Crippen molar-refractivity contribution in [3.05, 3.63) is 70.4 Å². The second-order valence-corrected chi connectivity index (χ2v) is 10.1.